The van der Waals surface area contributed by atoms with E-state index in [1.807, 2.05) is 4.90 Å². The van der Waals surface area contributed by atoms with Crippen LogP contribution in [-0.4, -0.2) is 49.1 Å². The molecule has 1 unspecified atom stereocenters. The monoisotopic (exact) mass is 330 g/mol. The molecule has 1 aromatic rings. The quantitative estimate of drug-likeness (QED) is 0.923. The maximum Gasteiger partial charge on any atom is 0.253 e. The predicted octanol–water partition coefficient (Wildman–Crippen LogP) is 2.61. The maximum absolute atomic E-state index is 12.7. The van der Waals surface area contributed by atoms with Crippen LogP contribution in [0.15, 0.2) is 24.3 Å². The summed E-state index contributed by atoms with van der Waals surface area (Å²) in [6.07, 6.45) is 6.68. The van der Waals surface area contributed by atoms with Crippen molar-refractivity contribution in [2.24, 2.45) is 0 Å². The Morgan fingerprint density at radius 2 is 1.83 bits per heavy atom. The first-order valence-electron chi connectivity index (χ1n) is 9.03. The molecule has 3 rings (SSSR count). The average Bonchev–Trinajstić information content (AvgIpc) is 2.99. The number of likely N-dealkylation sites (tertiary alicyclic amines) is 1. The number of ether oxygens (including phenoxy) is 1. The van der Waals surface area contributed by atoms with Crippen molar-refractivity contribution in [3.05, 3.63) is 35.4 Å². The Kier molecular flexibility index (Phi) is 5.86. The molecule has 0 radical (unpaired) electrons. The topological polar surface area (TPSA) is 58.6 Å². The van der Waals surface area contributed by atoms with Crippen LogP contribution >= 0.6 is 0 Å². The van der Waals surface area contributed by atoms with Crippen LogP contribution in [0.3, 0.4) is 0 Å². The number of nitrogens with one attached hydrogen (secondary N) is 1. The number of rotatable bonds is 4. The number of benzene rings is 1. The Hall–Kier alpha value is -1.88. The van der Waals surface area contributed by atoms with Gasteiger partial charge >= 0.3 is 0 Å². The van der Waals surface area contributed by atoms with Crippen molar-refractivity contribution < 1.29 is 14.3 Å². The molecule has 0 aliphatic carbocycles. The zero-order chi connectivity index (χ0) is 16.8. The van der Waals surface area contributed by atoms with Gasteiger partial charge in [0.15, 0.2) is 0 Å². The van der Waals surface area contributed by atoms with Gasteiger partial charge in [-0.05, 0) is 43.9 Å². The SMILES string of the molecule is O=C(NCC1CCCO1)c1cccc(C(=O)N2CCCCCC2)c1. The lowest BCUT2D eigenvalue weighted by atomic mass is 10.1. The molecule has 130 valence electrons. The summed E-state index contributed by atoms with van der Waals surface area (Å²) in [6.45, 7) is 2.94. The summed E-state index contributed by atoms with van der Waals surface area (Å²) in [5.74, 6) is -0.110. The van der Waals surface area contributed by atoms with Gasteiger partial charge in [-0.25, -0.2) is 0 Å². The van der Waals surface area contributed by atoms with E-state index in [2.05, 4.69) is 5.32 Å². The molecule has 1 atom stereocenters. The summed E-state index contributed by atoms with van der Waals surface area (Å²) in [5.41, 5.74) is 1.13. The van der Waals surface area contributed by atoms with E-state index in [1.165, 1.54) is 12.8 Å². The lowest BCUT2D eigenvalue weighted by Crippen LogP contribution is -2.33. The van der Waals surface area contributed by atoms with E-state index in [9.17, 15) is 9.59 Å². The molecule has 5 nitrogen and oxygen atoms in total. The van der Waals surface area contributed by atoms with Crippen LogP contribution < -0.4 is 5.32 Å². The Morgan fingerprint density at radius 1 is 1.08 bits per heavy atom. The molecule has 2 aliphatic rings. The second-order valence-corrected chi connectivity index (χ2v) is 6.63. The maximum atomic E-state index is 12.7. The smallest absolute Gasteiger partial charge is 0.253 e. The fourth-order valence-electron chi connectivity index (χ4n) is 3.36. The minimum Gasteiger partial charge on any atom is -0.376 e. The Balaban J connectivity index is 1.61. The lowest BCUT2D eigenvalue weighted by Gasteiger charge is -2.20. The molecule has 0 aromatic heterocycles. The molecule has 2 fully saturated rings. The normalized spacial score (nSPS) is 21.3. The molecule has 1 aromatic carbocycles. The van der Waals surface area contributed by atoms with Gasteiger partial charge in [0.25, 0.3) is 11.8 Å². The molecule has 2 saturated heterocycles. The average molecular weight is 330 g/mol. The second-order valence-electron chi connectivity index (χ2n) is 6.63. The molecule has 24 heavy (non-hydrogen) atoms. The molecule has 2 aliphatic heterocycles. The van der Waals surface area contributed by atoms with Crippen LogP contribution in [0.2, 0.25) is 0 Å². The number of nitrogens with zero attached hydrogens (tertiary/aromatic N) is 1. The third-order valence-electron chi connectivity index (χ3n) is 4.78. The molecule has 2 heterocycles. The zero-order valence-electron chi connectivity index (χ0n) is 14.1. The van der Waals surface area contributed by atoms with E-state index in [4.69, 9.17) is 4.74 Å². The molecule has 2 amide bonds. The van der Waals surface area contributed by atoms with E-state index in [1.54, 1.807) is 24.3 Å². The van der Waals surface area contributed by atoms with Crippen LogP contribution in [0.25, 0.3) is 0 Å². The van der Waals surface area contributed by atoms with Crippen molar-refractivity contribution >= 4 is 11.8 Å². The molecule has 0 saturated carbocycles. The fraction of sp³-hybridized carbons (Fsp3) is 0.579. The highest BCUT2D eigenvalue weighted by Gasteiger charge is 2.19. The number of amides is 2. The van der Waals surface area contributed by atoms with E-state index < -0.39 is 0 Å². The number of hydrogen-bond acceptors (Lipinski definition) is 3. The highest BCUT2D eigenvalue weighted by molar-refractivity contribution is 5.99. The number of carbonyl (C=O) groups is 2. The first-order chi connectivity index (χ1) is 11.7. The van der Waals surface area contributed by atoms with Gasteiger partial charge in [-0.3, -0.25) is 9.59 Å². The summed E-state index contributed by atoms with van der Waals surface area (Å²) in [7, 11) is 0. The third-order valence-corrected chi connectivity index (χ3v) is 4.78. The Bertz CT molecular complexity index is 574. The minimum atomic E-state index is -0.143. The Labute approximate surface area is 143 Å². The second kappa shape index (κ2) is 8.29. The number of carbonyl (C=O) groups excluding carboxylic acids is 2. The van der Waals surface area contributed by atoms with Gasteiger partial charge in [0.2, 0.25) is 0 Å². The highest BCUT2D eigenvalue weighted by Crippen LogP contribution is 2.15. The van der Waals surface area contributed by atoms with Crippen molar-refractivity contribution in [1.29, 1.82) is 0 Å². The molecular formula is C19H26N2O3. The summed E-state index contributed by atoms with van der Waals surface area (Å²) in [5, 5.41) is 2.91. The van der Waals surface area contributed by atoms with E-state index in [-0.39, 0.29) is 17.9 Å². The molecule has 1 N–H and O–H groups in total. The third kappa shape index (κ3) is 4.35. The zero-order valence-corrected chi connectivity index (χ0v) is 14.1. The highest BCUT2D eigenvalue weighted by atomic mass is 16.5. The molecule has 0 bridgehead atoms. The summed E-state index contributed by atoms with van der Waals surface area (Å²) < 4.78 is 5.52. The van der Waals surface area contributed by atoms with Gasteiger partial charge in [-0.1, -0.05) is 18.9 Å². The molecule has 0 spiro atoms. The first-order valence-corrected chi connectivity index (χ1v) is 9.03. The van der Waals surface area contributed by atoms with Gasteiger partial charge in [0.1, 0.15) is 0 Å². The predicted molar refractivity (Wildman–Crippen MR) is 92.1 cm³/mol. The summed E-state index contributed by atoms with van der Waals surface area (Å²) in [6, 6.07) is 7.04. The van der Waals surface area contributed by atoms with Crippen molar-refractivity contribution in [2.45, 2.75) is 44.6 Å². The molecular weight excluding hydrogens is 304 g/mol. The van der Waals surface area contributed by atoms with Crippen molar-refractivity contribution in [2.75, 3.05) is 26.2 Å². The van der Waals surface area contributed by atoms with Gasteiger partial charge in [0.05, 0.1) is 6.10 Å². The summed E-state index contributed by atoms with van der Waals surface area (Å²) >= 11 is 0. The van der Waals surface area contributed by atoms with Crippen LogP contribution in [-0.2, 0) is 4.74 Å². The molecule has 5 heteroatoms. The van der Waals surface area contributed by atoms with Gasteiger partial charge in [0, 0.05) is 37.4 Å². The number of hydrogen-bond donors (Lipinski definition) is 1. The lowest BCUT2D eigenvalue weighted by molar-refractivity contribution is 0.0761. The van der Waals surface area contributed by atoms with Crippen molar-refractivity contribution in [3.63, 3.8) is 0 Å². The van der Waals surface area contributed by atoms with E-state index >= 15 is 0 Å². The van der Waals surface area contributed by atoms with Gasteiger partial charge < -0.3 is 15.0 Å². The van der Waals surface area contributed by atoms with E-state index in [0.29, 0.717) is 17.7 Å². The fourth-order valence-corrected chi connectivity index (χ4v) is 3.36. The van der Waals surface area contributed by atoms with Crippen molar-refractivity contribution in [1.82, 2.24) is 10.2 Å². The van der Waals surface area contributed by atoms with Crippen LogP contribution in [0.4, 0.5) is 0 Å². The Morgan fingerprint density at radius 3 is 2.54 bits per heavy atom. The minimum absolute atomic E-state index is 0.0330. The van der Waals surface area contributed by atoms with Gasteiger partial charge in [-0.2, -0.15) is 0 Å². The van der Waals surface area contributed by atoms with Gasteiger partial charge in [-0.15, -0.1) is 0 Å². The first kappa shape index (κ1) is 17.0. The van der Waals surface area contributed by atoms with Crippen LogP contribution in [0, 0.1) is 0 Å². The van der Waals surface area contributed by atoms with E-state index in [0.717, 1.165) is 45.4 Å². The van der Waals surface area contributed by atoms with Crippen molar-refractivity contribution in [3.8, 4) is 0 Å². The largest absolute Gasteiger partial charge is 0.376 e. The van der Waals surface area contributed by atoms with Crippen LogP contribution in [0.5, 0.6) is 0 Å². The standard InChI is InChI=1S/C19H26N2O3/c22-18(20-14-17-9-6-12-24-17)15-7-5-8-16(13-15)19(23)21-10-3-1-2-4-11-21/h5,7-8,13,17H,1-4,6,9-12,14H2,(H,20,22). The van der Waals surface area contributed by atoms with Crippen LogP contribution in [0.1, 0.15) is 59.2 Å². The summed E-state index contributed by atoms with van der Waals surface area (Å²) in [4.78, 5) is 26.9.